The number of allylic oxidation sites excluding steroid dienone is 1. The Kier molecular flexibility index (Phi) is 8.79. The predicted octanol–water partition coefficient (Wildman–Crippen LogP) is 1.19. The maximum absolute atomic E-state index is 14.0. The third-order valence-electron chi connectivity index (χ3n) is 7.79. The molecule has 0 spiro atoms. The van der Waals surface area contributed by atoms with E-state index in [2.05, 4.69) is 15.4 Å². The van der Waals surface area contributed by atoms with E-state index in [0.29, 0.717) is 25.0 Å². The largest absolute Gasteiger partial charge is 0.444 e. The lowest BCUT2D eigenvalue weighted by atomic mass is 10.0. The van der Waals surface area contributed by atoms with Crippen LogP contribution in [0.2, 0.25) is 0 Å². The number of aliphatic hydroxyl groups excluding tert-OH is 1. The minimum atomic E-state index is -3.84. The molecule has 14 heteroatoms. The van der Waals surface area contributed by atoms with E-state index in [-0.39, 0.29) is 19.4 Å². The van der Waals surface area contributed by atoms with Crippen LogP contribution in [0.25, 0.3) is 0 Å². The van der Waals surface area contributed by atoms with Crippen molar-refractivity contribution in [2.45, 2.75) is 112 Å². The van der Waals surface area contributed by atoms with Gasteiger partial charge in [-0.1, -0.05) is 12.2 Å². The number of amides is 4. The number of aliphatic hydroxyl groups is 1. The van der Waals surface area contributed by atoms with Gasteiger partial charge in [0.25, 0.3) is 5.91 Å². The molecule has 4 amide bonds. The number of thioether (sulfide) groups is 1. The van der Waals surface area contributed by atoms with Crippen LogP contribution < -0.4 is 15.4 Å². The Hall–Kier alpha value is -2.32. The van der Waals surface area contributed by atoms with E-state index in [0.717, 1.165) is 6.42 Å². The fraction of sp³-hybridized carbons (Fsp3) is 0.778. The van der Waals surface area contributed by atoms with Crippen LogP contribution in [0, 0.1) is 5.92 Å². The Labute approximate surface area is 245 Å². The summed E-state index contributed by atoms with van der Waals surface area (Å²) in [5.41, 5.74) is -2.27. The van der Waals surface area contributed by atoms with Gasteiger partial charge in [-0.15, -0.1) is 0 Å². The highest BCUT2D eigenvalue weighted by atomic mass is 32.2. The van der Waals surface area contributed by atoms with Crippen molar-refractivity contribution < 1.29 is 37.4 Å². The Balaban J connectivity index is 1.63. The van der Waals surface area contributed by atoms with Gasteiger partial charge in [-0.2, -0.15) is 11.8 Å². The number of carbonyl (C=O) groups is 4. The molecule has 2 aliphatic carbocycles. The molecular weight excluding hydrogens is 572 g/mol. The minimum absolute atomic E-state index is 0.0666. The summed E-state index contributed by atoms with van der Waals surface area (Å²) in [5.74, 6) is -1.77. The van der Waals surface area contributed by atoms with E-state index in [4.69, 9.17) is 4.74 Å². The monoisotopic (exact) mass is 614 g/mol. The van der Waals surface area contributed by atoms with Gasteiger partial charge in [-0.25, -0.2) is 13.2 Å². The molecule has 12 nitrogen and oxygen atoms in total. The second-order valence-corrected chi connectivity index (χ2v) is 16.7. The van der Waals surface area contributed by atoms with Gasteiger partial charge in [0.2, 0.25) is 21.8 Å². The Morgan fingerprint density at radius 3 is 2.54 bits per heavy atom. The summed E-state index contributed by atoms with van der Waals surface area (Å²) < 4.78 is 31.8. The molecule has 4 aliphatic rings. The topological polar surface area (TPSA) is 171 Å². The van der Waals surface area contributed by atoms with Crippen molar-refractivity contribution in [3.63, 3.8) is 0 Å². The summed E-state index contributed by atoms with van der Waals surface area (Å²) in [6.45, 7) is 8.67. The highest BCUT2D eigenvalue weighted by molar-refractivity contribution is 8.00. The molecule has 41 heavy (non-hydrogen) atoms. The van der Waals surface area contributed by atoms with Gasteiger partial charge in [0, 0.05) is 23.6 Å². The van der Waals surface area contributed by atoms with Crippen molar-refractivity contribution in [2.75, 3.05) is 12.3 Å². The molecule has 2 heterocycles. The molecule has 0 aromatic rings. The van der Waals surface area contributed by atoms with Crippen LogP contribution in [0.5, 0.6) is 0 Å². The van der Waals surface area contributed by atoms with Crippen molar-refractivity contribution in [3.05, 3.63) is 12.2 Å². The molecule has 5 atom stereocenters. The first kappa shape index (κ1) is 31.6. The fourth-order valence-electron chi connectivity index (χ4n) is 5.28. The van der Waals surface area contributed by atoms with Gasteiger partial charge in [0.1, 0.15) is 23.2 Å². The molecule has 2 aliphatic heterocycles. The number of nitrogens with one attached hydrogen (secondary N) is 3. The highest BCUT2D eigenvalue weighted by Gasteiger charge is 2.62. The predicted molar refractivity (Wildman–Crippen MR) is 153 cm³/mol. The van der Waals surface area contributed by atoms with E-state index in [1.54, 1.807) is 20.8 Å². The number of nitrogens with zero attached hydrogens (tertiary/aromatic N) is 1. The number of hydrogen-bond acceptors (Lipinski definition) is 9. The molecule has 0 radical (unpaired) electrons. The maximum atomic E-state index is 14.0. The lowest BCUT2D eigenvalue weighted by Crippen LogP contribution is -2.61. The van der Waals surface area contributed by atoms with E-state index in [1.807, 2.05) is 26.0 Å². The van der Waals surface area contributed by atoms with E-state index in [1.165, 1.54) is 16.7 Å². The van der Waals surface area contributed by atoms with Crippen LogP contribution in [0.4, 0.5) is 4.79 Å². The maximum Gasteiger partial charge on any atom is 0.408 e. The molecule has 0 aromatic heterocycles. The average molecular weight is 615 g/mol. The highest BCUT2D eigenvalue weighted by Crippen LogP contribution is 2.46. The average Bonchev–Trinajstić information content (AvgIpc) is 3.75. The molecule has 230 valence electrons. The summed E-state index contributed by atoms with van der Waals surface area (Å²) >= 11 is 1.50. The summed E-state index contributed by atoms with van der Waals surface area (Å²) in [4.78, 5) is 55.0. The zero-order valence-electron chi connectivity index (χ0n) is 24.3. The zero-order chi connectivity index (χ0) is 30.4. The zero-order valence-corrected chi connectivity index (χ0v) is 25.9. The van der Waals surface area contributed by atoms with Crippen molar-refractivity contribution >= 4 is 45.6 Å². The number of ether oxygens (including phenoxy) is 1. The molecule has 4 rings (SSSR count). The summed E-state index contributed by atoms with van der Waals surface area (Å²) in [6, 6.07) is -2.21. The Bertz CT molecular complexity index is 1210. The van der Waals surface area contributed by atoms with Gasteiger partial charge < -0.3 is 25.4 Å². The summed E-state index contributed by atoms with van der Waals surface area (Å²) in [6.07, 6.45) is 4.51. The quantitative estimate of drug-likeness (QED) is 0.340. The van der Waals surface area contributed by atoms with Gasteiger partial charge in [0.15, 0.2) is 0 Å². The van der Waals surface area contributed by atoms with Crippen LogP contribution in [0.15, 0.2) is 12.2 Å². The number of hydrogen-bond donors (Lipinski definition) is 4. The van der Waals surface area contributed by atoms with Crippen molar-refractivity contribution in [1.29, 1.82) is 0 Å². The van der Waals surface area contributed by atoms with Crippen molar-refractivity contribution in [2.24, 2.45) is 5.92 Å². The summed E-state index contributed by atoms with van der Waals surface area (Å²) in [7, 11) is -3.84. The van der Waals surface area contributed by atoms with Gasteiger partial charge >= 0.3 is 6.09 Å². The van der Waals surface area contributed by atoms with Crippen LogP contribution in [0.1, 0.15) is 73.1 Å². The van der Waals surface area contributed by atoms with Crippen LogP contribution in [-0.2, 0) is 29.1 Å². The van der Waals surface area contributed by atoms with Crippen LogP contribution in [0.3, 0.4) is 0 Å². The molecule has 0 bridgehead atoms. The minimum Gasteiger partial charge on any atom is -0.444 e. The number of rotatable bonds is 4. The lowest BCUT2D eigenvalue weighted by molar-refractivity contribution is -0.141. The van der Waals surface area contributed by atoms with Gasteiger partial charge in [0.05, 0.1) is 11.4 Å². The number of alkyl carbamates (subject to hydrolysis) is 1. The molecule has 0 aromatic carbocycles. The molecular formula is C27H42N4O8S2. The van der Waals surface area contributed by atoms with E-state index in [9.17, 15) is 32.7 Å². The summed E-state index contributed by atoms with van der Waals surface area (Å²) in [5, 5.41) is 15.4. The molecule has 1 saturated heterocycles. The molecule has 3 fully saturated rings. The van der Waals surface area contributed by atoms with Gasteiger partial charge in [-0.3, -0.25) is 19.1 Å². The Morgan fingerprint density at radius 1 is 1.22 bits per heavy atom. The fourth-order valence-corrected chi connectivity index (χ4v) is 7.80. The van der Waals surface area contributed by atoms with E-state index < -0.39 is 79.1 Å². The first-order valence-corrected chi connectivity index (χ1v) is 16.7. The van der Waals surface area contributed by atoms with Crippen molar-refractivity contribution in [1.82, 2.24) is 20.3 Å². The lowest BCUT2D eigenvalue weighted by Gasteiger charge is -2.37. The standard InChI is InChI=1S/C27H42N4O8S2/c1-25(2,3)39-24(36)28-20-22(34)31-15-17(32)13-19(31)21(33)29-27(23(35)30-41(37,38)18-10-11-18)14-16(27)9-7-6-8-12-40-26(20,4)5/h7,9,16-20,32H,6,8,10-15H2,1-5H3,(H,28,36)(H,29,33)(H,30,35)/t16-,17-,19+,20-,27-/m1/s1. The van der Waals surface area contributed by atoms with Gasteiger partial charge in [-0.05, 0) is 72.5 Å². The molecule has 0 unspecified atom stereocenters. The second kappa shape index (κ2) is 11.4. The first-order valence-electron chi connectivity index (χ1n) is 14.1. The molecule has 4 N–H and O–H groups in total. The normalized spacial score (nSPS) is 32.5. The number of fused-ring (bicyclic) bond motifs is 2. The number of carbonyl (C=O) groups excluding carboxylic acids is 4. The third kappa shape index (κ3) is 7.37. The van der Waals surface area contributed by atoms with E-state index >= 15 is 0 Å². The first-order chi connectivity index (χ1) is 18.9. The molecule has 2 saturated carbocycles. The SMILES string of the molecule is CC(C)(C)OC(=O)N[C@@H]1C(=O)N2C[C@H](O)C[C@H]2C(=O)N[C@]2(C(=O)NS(=O)(=O)C3CC3)C[C@H]2C=CCCCSC1(C)C. The van der Waals surface area contributed by atoms with Crippen LogP contribution >= 0.6 is 11.8 Å². The Morgan fingerprint density at radius 2 is 1.90 bits per heavy atom. The van der Waals surface area contributed by atoms with Crippen LogP contribution in [-0.4, -0.2) is 93.9 Å². The van der Waals surface area contributed by atoms with Crippen molar-refractivity contribution in [3.8, 4) is 0 Å². The smallest absolute Gasteiger partial charge is 0.408 e. The number of sulfonamides is 1. The second-order valence-electron chi connectivity index (χ2n) is 12.9. The third-order valence-corrected chi connectivity index (χ3v) is 11.1.